The third-order valence-electron chi connectivity index (χ3n) is 1.90. The molecule has 0 saturated carbocycles. The fourth-order valence-corrected chi connectivity index (χ4v) is 1.88. The highest BCUT2D eigenvalue weighted by Gasteiger charge is 2.13. The Morgan fingerprint density at radius 1 is 1.79 bits per heavy atom. The second-order valence-electron chi connectivity index (χ2n) is 2.95. The van der Waals surface area contributed by atoms with Gasteiger partial charge in [-0.05, 0) is 18.4 Å². The highest BCUT2D eigenvalue weighted by atomic mass is 32.1. The Labute approximate surface area is 86.2 Å². The van der Waals surface area contributed by atoms with Crippen LogP contribution in [0.1, 0.15) is 24.4 Å². The van der Waals surface area contributed by atoms with Gasteiger partial charge in [0.15, 0.2) is 0 Å². The molecule has 0 amide bonds. The Bertz CT molecular complexity index is 335. The molecule has 0 fully saturated rings. The van der Waals surface area contributed by atoms with Crippen molar-refractivity contribution in [3.05, 3.63) is 39.8 Å². The van der Waals surface area contributed by atoms with Gasteiger partial charge in [-0.1, -0.05) is 17.4 Å². The van der Waals surface area contributed by atoms with Crippen LogP contribution in [0.4, 0.5) is 5.00 Å². The van der Waals surface area contributed by atoms with E-state index in [0.717, 1.165) is 29.7 Å². The zero-order chi connectivity index (χ0) is 10.6. The third-order valence-corrected chi connectivity index (χ3v) is 2.79. The van der Waals surface area contributed by atoms with E-state index in [2.05, 4.69) is 6.58 Å². The van der Waals surface area contributed by atoms with Gasteiger partial charge in [-0.25, -0.2) is 0 Å². The SMILES string of the molecule is C=CCC[C@H](N)c1csc([N+](=O)[O-])c1. The van der Waals surface area contributed by atoms with Crippen LogP contribution in [0, 0.1) is 10.1 Å². The van der Waals surface area contributed by atoms with Crippen molar-refractivity contribution in [1.29, 1.82) is 0 Å². The molecule has 1 heterocycles. The smallest absolute Gasteiger partial charge is 0.324 e. The molecule has 0 unspecified atom stereocenters. The second-order valence-corrected chi connectivity index (χ2v) is 3.84. The molecule has 76 valence electrons. The first-order valence-electron chi connectivity index (χ1n) is 4.24. The first-order chi connectivity index (χ1) is 6.65. The van der Waals surface area contributed by atoms with Crippen molar-refractivity contribution >= 4 is 16.3 Å². The number of nitro groups is 1. The lowest BCUT2D eigenvalue weighted by atomic mass is 10.1. The molecule has 1 aromatic rings. The number of hydrogen-bond donors (Lipinski definition) is 1. The molecule has 0 aliphatic carbocycles. The monoisotopic (exact) mass is 212 g/mol. The molecule has 0 saturated heterocycles. The summed E-state index contributed by atoms with van der Waals surface area (Å²) in [7, 11) is 0. The molecule has 5 heteroatoms. The average molecular weight is 212 g/mol. The summed E-state index contributed by atoms with van der Waals surface area (Å²) in [4.78, 5) is 10.0. The van der Waals surface area contributed by atoms with Crippen molar-refractivity contribution in [1.82, 2.24) is 0 Å². The lowest BCUT2D eigenvalue weighted by molar-refractivity contribution is -0.380. The lowest BCUT2D eigenvalue weighted by Gasteiger charge is -2.06. The zero-order valence-electron chi connectivity index (χ0n) is 7.68. The number of nitrogens with zero attached hydrogens (tertiary/aromatic N) is 1. The van der Waals surface area contributed by atoms with E-state index in [1.165, 1.54) is 0 Å². The molecule has 14 heavy (non-hydrogen) atoms. The van der Waals surface area contributed by atoms with Gasteiger partial charge in [-0.15, -0.1) is 6.58 Å². The molecule has 2 N–H and O–H groups in total. The molecule has 0 radical (unpaired) electrons. The standard InChI is InChI=1S/C9H12N2O2S/c1-2-3-4-8(10)7-5-9(11(12)13)14-6-7/h2,5-6,8H,1,3-4,10H2/t8-/m0/s1. The van der Waals surface area contributed by atoms with Crippen LogP contribution in [-0.4, -0.2) is 4.92 Å². The van der Waals surface area contributed by atoms with Crippen molar-refractivity contribution in [2.75, 3.05) is 0 Å². The van der Waals surface area contributed by atoms with Crippen LogP contribution in [0.15, 0.2) is 24.1 Å². The van der Waals surface area contributed by atoms with Gasteiger partial charge in [-0.3, -0.25) is 10.1 Å². The van der Waals surface area contributed by atoms with E-state index >= 15 is 0 Å². The summed E-state index contributed by atoms with van der Waals surface area (Å²) < 4.78 is 0. The molecule has 0 spiro atoms. The summed E-state index contributed by atoms with van der Waals surface area (Å²) in [6, 6.07) is 1.41. The maximum Gasteiger partial charge on any atom is 0.324 e. The van der Waals surface area contributed by atoms with Crippen LogP contribution in [0.5, 0.6) is 0 Å². The lowest BCUT2D eigenvalue weighted by Crippen LogP contribution is -2.08. The number of rotatable bonds is 5. The fraction of sp³-hybridized carbons (Fsp3) is 0.333. The van der Waals surface area contributed by atoms with Crippen molar-refractivity contribution in [3.63, 3.8) is 0 Å². The third kappa shape index (κ3) is 2.65. The van der Waals surface area contributed by atoms with Crippen molar-refractivity contribution < 1.29 is 4.92 Å². The Balaban J connectivity index is 2.66. The Morgan fingerprint density at radius 2 is 2.50 bits per heavy atom. The minimum Gasteiger partial charge on any atom is -0.324 e. The first kappa shape index (κ1) is 10.9. The van der Waals surface area contributed by atoms with E-state index in [-0.39, 0.29) is 11.0 Å². The molecular weight excluding hydrogens is 200 g/mol. The van der Waals surface area contributed by atoms with E-state index in [1.54, 1.807) is 17.5 Å². The molecule has 4 nitrogen and oxygen atoms in total. The first-order valence-corrected chi connectivity index (χ1v) is 5.12. The summed E-state index contributed by atoms with van der Waals surface area (Å²) in [5, 5.41) is 12.3. The normalized spacial score (nSPS) is 12.4. The van der Waals surface area contributed by atoms with Gasteiger partial charge in [-0.2, -0.15) is 0 Å². The molecule has 1 rings (SSSR count). The molecule has 1 atom stereocenters. The number of hydrogen-bond acceptors (Lipinski definition) is 4. The molecule has 0 bridgehead atoms. The molecule has 1 aromatic heterocycles. The van der Waals surface area contributed by atoms with Crippen LogP contribution >= 0.6 is 11.3 Å². The van der Waals surface area contributed by atoms with Crippen molar-refractivity contribution in [2.45, 2.75) is 18.9 Å². The van der Waals surface area contributed by atoms with Crippen LogP contribution < -0.4 is 5.73 Å². The van der Waals surface area contributed by atoms with E-state index in [0.29, 0.717) is 0 Å². The maximum atomic E-state index is 10.4. The minimum atomic E-state index is -0.394. The van der Waals surface area contributed by atoms with Crippen LogP contribution in [0.3, 0.4) is 0 Å². The van der Waals surface area contributed by atoms with Gasteiger partial charge >= 0.3 is 5.00 Å². The van der Waals surface area contributed by atoms with Gasteiger partial charge in [0.25, 0.3) is 0 Å². The van der Waals surface area contributed by atoms with Crippen LogP contribution in [-0.2, 0) is 0 Å². The van der Waals surface area contributed by atoms with Gasteiger partial charge < -0.3 is 5.73 Å². The summed E-state index contributed by atoms with van der Waals surface area (Å²) in [6.07, 6.45) is 3.39. The van der Waals surface area contributed by atoms with Crippen molar-refractivity contribution in [3.8, 4) is 0 Å². The van der Waals surface area contributed by atoms with Gasteiger partial charge in [0.05, 0.1) is 4.92 Å². The number of allylic oxidation sites excluding steroid dienone is 1. The predicted octanol–water partition coefficient (Wildman–Crippen LogP) is 2.62. The molecule has 0 aliphatic rings. The van der Waals surface area contributed by atoms with E-state index < -0.39 is 4.92 Å². The Morgan fingerprint density at radius 3 is 3.00 bits per heavy atom. The summed E-state index contributed by atoms with van der Waals surface area (Å²) in [5.74, 6) is 0. The summed E-state index contributed by atoms with van der Waals surface area (Å²) >= 11 is 1.11. The maximum absolute atomic E-state index is 10.4. The van der Waals surface area contributed by atoms with Crippen LogP contribution in [0.2, 0.25) is 0 Å². The van der Waals surface area contributed by atoms with E-state index in [4.69, 9.17) is 5.73 Å². The highest BCUT2D eigenvalue weighted by molar-refractivity contribution is 7.13. The number of thiophene rings is 1. The van der Waals surface area contributed by atoms with Gasteiger partial charge in [0.1, 0.15) is 0 Å². The molecule has 0 aliphatic heterocycles. The summed E-state index contributed by atoms with van der Waals surface area (Å²) in [6.45, 7) is 3.60. The topological polar surface area (TPSA) is 69.2 Å². The largest absolute Gasteiger partial charge is 0.324 e. The predicted molar refractivity (Wildman–Crippen MR) is 57.3 cm³/mol. The van der Waals surface area contributed by atoms with E-state index in [9.17, 15) is 10.1 Å². The quantitative estimate of drug-likeness (QED) is 0.463. The van der Waals surface area contributed by atoms with E-state index in [1.807, 2.05) is 0 Å². The number of nitrogens with two attached hydrogens (primary N) is 1. The average Bonchev–Trinajstić information content (AvgIpc) is 2.62. The Hall–Kier alpha value is -1.20. The fourth-order valence-electron chi connectivity index (χ4n) is 1.09. The second kappa shape index (κ2) is 4.88. The zero-order valence-corrected chi connectivity index (χ0v) is 8.50. The summed E-state index contributed by atoms with van der Waals surface area (Å²) in [5.41, 5.74) is 6.67. The Kier molecular flexibility index (Phi) is 3.79. The minimum absolute atomic E-state index is 0.127. The molecular formula is C9H12N2O2S. The van der Waals surface area contributed by atoms with Crippen molar-refractivity contribution in [2.24, 2.45) is 5.73 Å². The highest BCUT2D eigenvalue weighted by Crippen LogP contribution is 2.27. The molecule has 0 aromatic carbocycles. The van der Waals surface area contributed by atoms with Gasteiger partial charge in [0, 0.05) is 17.5 Å². The van der Waals surface area contributed by atoms with Gasteiger partial charge in [0.2, 0.25) is 0 Å². The van der Waals surface area contributed by atoms with Crippen LogP contribution in [0.25, 0.3) is 0 Å².